The van der Waals surface area contributed by atoms with Crippen LogP contribution in [0.25, 0.3) is 0 Å². The van der Waals surface area contributed by atoms with Crippen LogP contribution in [0.3, 0.4) is 0 Å². The zero-order valence-corrected chi connectivity index (χ0v) is 21.7. The Labute approximate surface area is 195 Å². The molecular formula is C29H56O2. The first-order valence-electron chi connectivity index (χ1n) is 14.2. The smallest absolute Gasteiger partial charge is 0.309 e. The Bertz CT molecular complexity index is 446. The lowest BCUT2D eigenvalue weighted by Gasteiger charge is -2.45. The lowest BCUT2D eigenvalue weighted by atomic mass is 9.58. The third kappa shape index (κ3) is 10.8. The number of aliphatic carboxylic acids is 1. The van der Waals surface area contributed by atoms with Crippen molar-refractivity contribution >= 4 is 5.97 Å². The predicted molar refractivity (Wildman–Crippen MR) is 136 cm³/mol. The van der Waals surface area contributed by atoms with Gasteiger partial charge in [0.05, 0.1) is 5.41 Å². The standard InChI is InChI=1S/C29H56O2/c1-5-8-11-13-14-16-18-25(4)24-29(28(30)31)22-21-26(19-15-10-7-3)23-27(29)20-17-12-9-6-2/h25-27H,5-24H2,1-4H3,(H,30,31). The van der Waals surface area contributed by atoms with E-state index in [2.05, 4.69) is 27.7 Å². The van der Waals surface area contributed by atoms with Crippen LogP contribution >= 0.6 is 0 Å². The number of carboxylic acids is 1. The molecule has 2 nitrogen and oxygen atoms in total. The van der Waals surface area contributed by atoms with Crippen molar-refractivity contribution in [3.05, 3.63) is 0 Å². The molecule has 0 aliphatic heterocycles. The first kappa shape index (κ1) is 28.5. The quantitative estimate of drug-likeness (QED) is 0.204. The van der Waals surface area contributed by atoms with E-state index < -0.39 is 11.4 Å². The first-order valence-corrected chi connectivity index (χ1v) is 14.2. The average molecular weight is 437 g/mol. The second-order valence-electron chi connectivity index (χ2n) is 11.0. The Kier molecular flexibility index (Phi) is 15.6. The summed E-state index contributed by atoms with van der Waals surface area (Å²) in [7, 11) is 0. The molecule has 0 heterocycles. The Morgan fingerprint density at radius 1 is 0.839 bits per heavy atom. The number of carbonyl (C=O) groups is 1. The first-order chi connectivity index (χ1) is 15.0. The maximum atomic E-state index is 12.7. The van der Waals surface area contributed by atoms with Crippen LogP contribution in [-0.2, 0) is 4.79 Å². The molecule has 1 fully saturated rings. The fourth-order valence-corrected chi connectivity index (χ4v) is 6.20. The number of rotatable bonds is 19. The summed E-state index contributed by atoms with van der Waals surface area (Å²) in [4.78, 5) is 12.7. The molecule has 1 aliphatic rings. The molecule has 1 aliphatic carbocycles. The van der Waals surface area contributed by atoms with Crippen LogP contribution in [-0.4, -0.2) is 11.1 Å². The molecule has 0 bridgehead atoms. The Balaban J connectivity index is 2.70. The van der Waals surface area contributed by atoms with E-state index in [1.807, 2.05) is 0 Å². The van der Waals surface area contributed by atoms with Gasteiger partial charge < -0.3 is 5.11 Å². The average Bonchev–Trinajstić information content (AvgIpc) is 2.75. The maximum absolute atomic E-state index is 12.7. The SMILES string of the molecule is CCCCCCCCC(C)CC1(C(=O)O)CCC(CCCCC)CC1CCCCCC. The molecule has 0 radical (unpaired) electrons. The van der Waals surface area contributed by atoms with Crippen LogP contribution in [0.4, 0.5) is 0 Å². The lowest BCUT2D eigenvalue weighted by molar-refractivity contribution is -0.158. The summed E-state index contributed by atoms with van der Waals surface area (Å²) < 4.78 is 0. The van der Waals surface area contributed by atoms with Crippen molar-refractivity contribution in [2.75, 3.05) is 0 Å². The normalized spacial score (nSPS) is 24.9. The van der Waals surface area contributed by atoms with Gasteiger partial charge in [0.1, 0.15) is 0 Å². The molecule has 4 unspecified atom stereocenters. The Morgan fingerprint density at radius 2 is 1.39 bits per heavy atom. The van der Waals surface area contributed by atoms with E-state index in [-0.39, 0.29) is 0 Å². The second kappa shape index (κ2) is 17.0. The Morgan fingerprint density at radius 3 is 2.03 bits per heavy atom. The van der Waals surface area contributed by atoms with E-state index in [0.29, 0.717) is 11.8 Å². The molecule has 31 heavy (non-hydrogen) atoms. The van der Waals surface area contributed by atoms with Crippen LogP contribution in [0.15, 0.2) is 0 Å². The van der Waals surface area contributed by atoms with Gasteiger partial charge in [-0.2, -0.15) is 0 Å². The summed E-state index contributed by atoms with van der Waals surface area (Å²) in [5, 5.41) is 10.5. The van der Waals surface area contributed by atoms with E-state index >= 15 is 0 Å². The summed E-state index contributed by atoms with van der Waals surface area (Å²) in [5.41, 5.74) is -0.449. The van der Waals surface area contributed by atoms with Crippen LogP contribution in [0, 0.1) is 23.2 Å². The van der Waals surface area contributed by atoms with E-state index in [0.717, 1.165) is 31.6 Å². The highest BCUT2D eigenvalue weighted by atomic mass is 16.4. The molecular weight excluding hydrogens is 380 g/mol. The van der Waals surface area contributed by atoms with Crippen LogP contribution in [0.5, 0.6) is 0 Å². The molecule has 1 saturated carbocycles. The van der Waals surface area contributed by atoms with Gasteiger partial charge in [0.2, 0.25) is 0 Å². The molecule has 4 atom stereocenters. The zero-order chi connectivity index (χ0) is 23.0. The number of hydrogen-bond donors (Lipinski definition) is 1. The monoisotopic (exact) mass is 436 g/mol. The second-order valence-corrected chi connectivity index (χ2v) is 11.0. The van der Waals surface area contributed by atoms with Crippen molar-refractivity contribution in [1.29, 1.82) is 0 Å². The van der Waals surface area contributed by atoms with Crippen LogP contribution < -0.4 is 0 Å². The molecule has 0 aromatic heterocycles. The van der Waals surface area contributed by atoms with E-state index in [4.69, 9.17) is 0 Å². The molecule has 1 N–H and O–H groups in total. The van der Waals surface area contributed by atoms with E-state index in [1.165, 1.54) is 103 Å². The molecule has 1 rings (SSSR count). The molecule has 0 amide bonds. The highest BCUT2D eigenvalue weighted by Gasteiger charge is 2.49. The summed E-state index contributed by atoms with van der Waals surface area (Å²) in [6.07, 6.45) is 24.8. The van der Waals surface area contributed by atoms with Gasteiger partial charge in [-0.3, -0.25) is 4.79 Å². The zero-order valence-electron chi connectivity index (χ0n) is 21.7. The predicted octanol–water partition coefficient (Wildman–Crippen LogP) is 9.80. The van der Waals surface area contributed by atoms with Gasteiger partial charge in [-0.1, -0.05) is 124 Å². The fourth-order valence-electron chi connectivity index (χ4n) is 6.20. The third-order valence-corrected chi connectivity index (χ3v) is 8.21. The minimum absolute atomic E-state index is 0.397. The van der Waals surface area contributed by atoms with Gasteiger partial charge in [0.25, 0.3) is 0 Å². The molecule has 184 valence electrons. The molecule has 0 spiro atoms. The minimum atomic E-state index is -0.477. The third-order valence-electron chi connectivity index (χ3n) is 8.21. The molecule has 0 aromatic rings. The van der Waals surface area contributed by atoms with Crippen molar-refractivity contribution in [2.24, 2.45) is 23.2 Å². The highest BCUT2D eigenvalue weighted by Crippen LogP contribution is 2.51. The fraction of sp³-hybridized carbons (Fsp3) is 0.966. The van der Waals surface area contributed by atoms with Crippen molar-refractivity contribution in [3.63, 3.8) is 0 Å². The minimum Gasteiger partial charge on any atom is -0.481 e. The van der Waals surface area contributed by atoms with Gasteiger partial charge in [-0.15, -0.1) is 0 Å². The van der Waals surface area contributed by atoms with Gasteiger partial charge in [0.15, 0.2) is 0 Å². The van der Waals surface area contributed by atoms with Gasteiger partial charge in [-0.25, -0.2) is 0 Å². The van der Waals surface area contributed by atoms with Gasteiger partial charge in [-0.05, 0) is 49.9 Å². The number of carboxylic acid groups (broad SMARTS) is 1. The molecule has 0 saturated heterocycles. The largest absolute Gasteiger partial charge is 0.481 e. The van der Waals surface area contributed by atoms with Crippen molar-refractivity contribution in [3.8, 4) is 0 Å². The Hall–Kier alpha value is -0.530. The number of hydrogen-bond acceptors (Lipinski definition) is 1. The van der Waals surface area contributed by atoms with Crippen LogP contribution in [0.1, 0.15) is 156 Å². The summed E-state index contributed by atoms with van der Waals surface area (Å²) in [6.45, 7) is 9.14. The topological polar surface area (TPSA) is 37.3 Å². The van der Waals surface area contributed by atoms with Gasteiger partial charge in [0, 0.05) is 0 Å². The lowest BCUT2D eigenvalue weighted by Crippen LogP contribution is -2.44. The van der Waals surface area contributed by atoms with Crippen molar-refractivity contribution < 1.29 is 9.90 Å². The molecule has 2 heteroatoms. The van der Waals surface area contributed by atoms with Crippen molar-refractivity contribution in [2.45, 2.75) is 156 Å². The summed E-state index contributed by atoms with van der Waals surface area (Å²) >= 11 is 0. The summed E-state index contributed by atoms with van der Waals surface area (Å²) in [5.74, 6) is 1.23. The molecule has 0 aromatic carbocycles. The van der Waals surface area contributed by atoms with E-state index in [1.54, 1.807) is 0 Å². The van der Waals surface area contributed by atoms with Crippen molar-refractivity contribution in [1.82, 2.24) is 0 Å². The van der Waals surface area contributed by atoms with E-state index in [9.17, 15) is 9.90 Å². The van der Waals surface area contributed by atoms with Crippen LogP contribution in [0.2, 0.25) is 0 Å². The maximum Gasteiger partial charge on any atom is 0.309 e. The van der Waals surface area contributed by atoms with Gasteiger partial charge >= 0.3 is 5.97 Å². The summed E-state index contributed by atoms with van der Waals surface area (Å²) in [6, 6.07) is 0. The number of unbranched alkanes of at least 4 members (excludes halogenated alkanes) is 10. The highest BCUT2D eigenvalue weighted by molar-refractivity contribution is 5.75.